The molecule has 0 aliphatic carbocycles. The average Bonchev–Trinajstić information content (AvgIpc) is 2.00. The molecule has 0 aliphatic rings. The van der Waals surface area contributed by atoms with Crippen LogP contribution in [-0.4, -0.2) is 24.8 Å². The molecule has 2 nitrogen and oxygen atoms in total. The predicted molar refractivity (Wildman–Crippen MR) is 53.6 cm³/mol. The van der Waals surface area contributed by atoms with E-state index in [1.54, 1.807) is 7.05 Å². The molecule has 0 rings (SSSR count). The zero-order valence-corrected chi connectivity index (χ0v) is 8.97. The number of hydrogen-bond acceptors (Lipinski definition) is 1. The highest BCUT2D eigenvalue weighted by molar-refractivity contribution is 4.49. The first-order valence-electron chi connectivity index (χ1n) is 5.07. The summed E-state index contributed by atoms with van der Waals surface area (Å²) in [5.41, 5.74) is 0. The van der Waals surface area contributed by atoms with Crippen molar-refractivity contribution in [2.75, 3.05) is 20.1 Å². The molecule has 0 radical (unpaired) electrons. The van der Waals surface area contributed by atoms with Crippen LogP contribution in [-0.2, 0) is 0 Å². The molecule has 0 fully saturated rings. The average molecular weight is 173 g/mol. The highest BCUT2D eigenvalue weighted by atomic mass is 16.5. The largest absolute Gasteiger partial charge is 0.633 e. The Hall–Kier alpha value is -0.0800. The third-order valence-electron chi connectivity index (χ3n) is 2.49. The van der Waals surface area contributed by atoms with Crippen LogP contribution in [0.1, 0.15) is 40.0 Å². The van der Waals surface area contributed by atoms with Gasteiger partial charge in [0.15, 0.2) is 0 Å². The summed E-state index contributed by atoms with van der Waals surface area (Å²) in [6.07, 6.45) is 3.24. The molecule has 74 valence electrons. The summed E-state index contributed by atoms with van der Waals surface area (Å²) in [6.45, 7) is 8.00. The topological polar surface area (TPSA) is 23.1 Å². The van der Waals surface area contributed by atoms with Crippen molar-refractivity contribution in [3.05, 3.63) is 5.21 Å². The first-order chi connectivity index (χ1) is 5.52. The van der Waals surface area contributed by atoms with E-state index in [0.29, 0.717) is 5.92 Å². The molecule has 0 N–H and O–H groups in total. The summed E-state index contributed by atoms with van der Waals surface area (Å²) >= 11 is 0. The van der Waals surface area contributed by atoms with Crippen LogP contribution in [0.5, 0.6) is 0 Å². The van der Waals surface area contributed by atoms with E-state index in [1.165, 1.54) is 6.42 Å². The van der Waals surface area contributed by atoms with E-state index in [0.717, 1.165) is 25.9 Å². The van der Waals surface area contributed by atoms with Gasteiger partial charge < -0.3 is 9.85 Å². The lowest BCUT2D eigenvalue weighted by Gasteiger charge is -2.39. The van der Waals surface area contributed by atoms with Crippen molar-refractivity contribution in [2.24, 2.45) is 5.92 Å². The summed E-state index contributed by atoms with van der Waals surface area (Å²) in [5.74, 6) is 0.702. The van der Waals surface area contributed by atoms with Gasteiger partial charge in [0.2, 0.25) is 0 Å². The van der Waals surface area contributed by atoms with Crippen molar-refractivity contribution in [3.8, 4) is 0 Å². The molecule has 2 unspecified atom stereocenters. The Bertz CT molecular complexity index is 112. The van der Waals surface area contributed by atoms with E-state index in [4.69, 9.17) is 0 Å². The van der Waals surface area contributed by atoms with Gasteiger partial charge in [0.05, 0.1) is 20.1 Å². The fourth-order valence-corrected chi connectivity index (χ4v) is 1.28. The maximum Gasteiger partial charge on any atom is 0.0784 e. The van der Waals surface area contributed by atoms with Crippen molar-refractivity contribution in [1.29, 1.82) is 0 Å². The van der Waals surface area contributed by atoms with Gasteiger partial charge in [0.25, 0.3) is 0 Å². The van der Waals surface area contributed by atoms with Gasteiger partial charge in [-0.3, -0.25) is 0 Å². The van der Waals surface area contributed by atoms with E-state index in [1.807, 2.05) is 0 Å². The minimum Gasteiger partial charge on any atom is -0.633 e. The third kappa shape index (κ3) is 5.56. The molecule has 0 heterocycles. The van der Waals surface area contributed by atoms with Crippen molar-refractivity contribution < 1.29 is 4.65 Å². The molecule has 0 bridgehead atoms. The second-order valence-electron chi connectivity index (χ2n) is 4.05. The third-order valence-corrected chi connectivity index (χ3v) is 2.49. The zero-order valence-electron chi connectivity index (χ0n) is 8.97. The number of nitrogens with zero attached hydrogens (tertiary/aromatic N) is 1. The van der Waals surface area contributed by atoms with Crippen LogP contribution in [0.3, 0.4) is 0 Å². The maximum absolute atomic E-state index is 11.7. The maximum atomic E-state index is 11.7. The Kier molecular flexibility index (Phi) is 5.51. The molecule has 0 aromatic carbocycles. The van der Waals surface area contributed by atoms with Gasteiger partial charge in [-0.25, -0.2) is 0 Å². The minimum absolute atomic E-state index is 0.0547. The van der Waals surface area contributed by atoms with Gasteiger partial charge in [-0.05, 0) is 18.8 Å². The first-order valence-corrected chi connectivity index (χ1v) is 5.07. The summed E-state index contributed by atoms with van der Waals surface area (Å²) in [6, 6.07) is 0. The van der Waals surface area contributed by atoms with Crippen LogP contribution < -0.4 is 0 Å². The van der Waals surface area contributed by atoms with E-state index in [9.17, 15) is 5.21 Å². The molecule has 0 saturated heterocycles. The van der Waals surface area contributed by atoms with Crippen molar-refractivity contribution in [3.63, 3.8) is 0 Å². The Labute approximate surface area is 76.7 Å². The van der Waals surface area contributed by atoms with Crippen molar-refractivity contribution in [2.45, 2.75) is 40.0 Å². The molecule has 0 aromatic rings. The van der Waals surface area contributed by atoms with Crippen LogP contribution in [0.15, 0.2) is 0 Å². The molecular weight excluding hydrogens is 150 g/mol. The lowest BCUT2D eigenvalue weighted by molar-refractivity contribution is -0.861. The van der Waals surface area contributed by atoms with E-state index < -0.39 is 0 Å². The Morgan fingerprint density at radius 1 is 1.25 bits per heavy atom. The Balaban J connectivity index is 3.59. The lowest BCUT2D eigenvalue weighted by Crippen LogP contribution is -2.39. The number of hydroxylamine groups is 3. The zero-order chi connectivity index (χ0) is 9.61. The number of quaternary nitrogens is 1. The number of rotatable bonds is 6. The lowest BCUT2D eigenvalue weighted by atomic mass is 10.1. The Morgan fingerprint density at radius 2 is 1.83 bits per heavy atom. The molecule has 2 atom stereocenters. The van der Waals surface area contributed by atoms with Gasteiger partial charge in [-0.2, -0.15) is 0 Å². The highest BCUT2D eigenvalue weighted by Gasteiger charge is 2.10. The second-order valence-corrected chi connectivity index (χ2v) is 4.05. The highest BCUT2D eigenvalue weighted by Crippen LogP contribution is 2.11. The molecule has 2 heteroatoms. The minimum atomic E-state index is -0.0547. The molecule has 0 spiro atoms. The molecule has 0 aromatic heterocycles. The van der Waals surface area contributed by atoms with Gasteiger partial charge >= 0.3 is 0 Å². The van der Waals surface area contributed by atoms with E-state index in [-0.39, 0.29) is 4.65 Å². The van der Waals surface area contributed by atoms with Crippen LogP contribution in [0.2, 0.25) is 0 Å². The van der Waals surface area contributed by atoms with Crippen LogP contribution in [0, 0.1) is 11.1 Å². The van der Waals surface area contributed by atoms with E-state index >= 15 is 0 Å². The molecule has 0 amide bonds. The predicted octanol–water partition coefficient (Wildman–Crippen LogP) is 2.78. The SMILES string of the molecule is CCC[N+](C)([O-])CCC(C)CC. The fraction of sp³-hybridized carbons (Fsp3) is 1.00. The van der Waals surface area contributed by atoms with E-state index in [2.05, 4.69) is 20.8 Å². The summed E-state index contributed by atoms with van der Waals surface area (Å²) in [7, 11) is 1.78. The van der Waals surface area contributed by atoms with Crippen molar-refractivity contribution >= 4 is 0 Å². The van der Waals surface area contributed by atoms with Crippen molar-refractivity contribution in [1.82, 2.24) is 0 Å². The normalized spacial score (nSPS) is 18.8. The second kappa shape index (κ2) is 5.55. The standard InChI is InChI=1S/C10H23NO/c1-5-8-11(4,12)9-7-10(3)6-2/h10H,5-9H2,1-4H3. The molecule has 12 heavy (non-hydrogen) atoms. The van der Waals surface area contributed by atoms with Gasteiger partial charge in [-0.15, -0.1) is 0 Å². The summed E-state index contributed by atoms with van der Waals surface area (Å²) in [5, 5.41) is 11.7. The monoisotopic (exact) mass is 173 g/mol. The van der Waals surface area contributed by atoms with Crippen LogP contribution >= 0.6 is 0 Å². The Morgan fingerprint density at radius 3 is 2.25 bits per heavy atom. The van der Waals surface area contributed by atoms with Gasteiger partial charge in [-0.1, -0.05) is 27.2 Å². The summed E-state index contributed by atoms with van der Waals surface area (Å²) in [4.78, 5) is 0. The van der Waals surface area contributed by atoms with Crippen LogP contribution in [0.25, 0.3) is 0 Å². The molecule has 0 aliphatic heterocycles. The molecular formula is C10H23NO. The smallest absolute Gasteiger partial charge is 0.0784 e. The summed E-state index contributed by atoms with van der Waals surface area (Å²) < 4.78 is -0.0547. The van der Waals surface area contributed by atoms with Crippen LogP contribution in [0.4, 0.5) is 0 Å². The molecule has 0 saturated carbocycles. The van der Waals surface area contributed by atoms with Gasteiger partial charge in [0, 0.05) is 0 Å². The fourth-order valence-electron chi connectivity index (χ4n) is 1.28. The van der Waals surface area contributed by atoms with Gasteiger partial charge in [0.1, 0.15) is 0 Å². The quantitative estimate of drug-likeness (QED) is 0.447. The number of hydrogen-bond donors (Lipinski definition) is 0. The first kappa shape index (κ1) is 11.9.